The largest absolute Gasteiger partial charge is 0.467 e. The van der Waals surface area contributed by atoms with Gasteiger partial charge < -0.3 is 9.16 Å². The van der Waals surface area contributed by atoms with E-state index < -0.39 is 30.8 Å². The van der Waals surface area contributed by atoms with E-state index in [1.165, 1.54) is 42.1 Å². The number of aromatic nitrogens is 1. The number of hydrogen-bond acceptors (Lipinski definition) is 6. The van der Waals surface area contributed by atoms with E-state index in [2.05, 4.69) is 20.8 Å². The van der Waals surface area contributed by atoms with E-state index >= 15 is 0 Å². The van der Waals surface area contributed by atoms with Crippen molar-refractivity contribution in [1.29, 1.82) is 0 Å². The summed E-state index contributed by atoms with van der Waals surface area (Å²) in [4.78, 5) is 36.0. The monoisotopic (exact) mass is 406 g/mol. The average molecular weight is 407 g/mol. The lowest BCUT2D eigenvalue weighted by Gasteiger charge is -2.37. The highest BCUT2D eigenvalue weighted by Crippen LogP contribution is 2.37. The minimum atomic E-state index is -2.17. The number of hydrogen-bond donors (Lipinski definition) is 0. The summed E-state index contributed by atoms with van der Waals surface area (Å²) in [6, 6.07) is 4.78. The standard InChI is InChI=1S/C19H26N2O6Si/c1-19(2,3)28(5,6)27-12-16(18(23)26-4)20-11-10-13-14(17(20)22)8-7-9-15(13)21(24)25/h7-11,16H,12H2,1-6H3/t16-/m1/s1. The number of fused-ring (bicyclic) bond motifs is 1. The molecule has 1 aromatic heterocycles. The fraction of sp³-hybridized carbons (Fsp3) is 0.474. The number of carbonyl (C=O) groups excluding carboxylic acids is 1. The number of methoxy groups -OCH3 is 1. The number of benzene rings is 1. The second-order valence-corrected chi connectivity index (χ2v) is 12.9. The summed E-state index contributed by atoms with van der Waals surface area (Å²) in [7, 11) is -0.918. The van der Waals surface area contributed by atoms with Crippen molar-refractivity contribution in [2.45, 2.75) is 44.9 Å². The van der Waals surface area contributed by atoms with Gasteiger partial charge in [0, 0.05) is 12.3 Å². The predicted molar refractivity (Wildman–Crippen MR) is 109 cm³/mol. The fourth-order valence-electron chi connectivity index (χ4n) is 2.58. The number of pyridine rings is 1. The minimum absolute atomic E-state index is 0.0104. The van der Waals surface area contributed by atoms with E-state index in [4.69, 9.17) is 9.16 Å². The molecule has 8 nitrogen and oxygen atoms in total. The van der Waals surface area contributed by atoms with E-state index in [1.54, 1.807) is 0 Å². The van der Waals surface area contributed by atoms with Crippen LogP contribution in [0.1, 0.15) is 26.8 Å². The Morgan fingerprint density at radius 1 is 1.25 bits per heavy atom. The third-order valence-electron chi connectivity index (χ3n) is 5.36. The van der Waals surface area contributed by atoms with Gasteiger partial charge in [-0.1, -0.05) is 26.8 Å². The van der Waals surface area contributed by atoms with Crippen molar-refractivity contribution in [2.24, 2.45) is 0 Å². The van der Waals surface area contributed by atoms with Crippen LogP contribution in [-0.2, 0) is 14.0 Å². The van der Waals surface area contributed by atoms with Crippen LogP contribution in [0.25, 0.3) is 10.8 Å². The Kier molecular flexibility index (Phi) is 6.10. The van der Waals surface area contributed by atoms with Gasteiger partial charge in [-0.25, -0.2) is 4.79 Å². The van der Waals surface area contributed by atoms with Crippen LogP contribution in [0.4, 0.5) is 5.69 Å². The first-order valence-electron chi connectivity index (χ1n) is 8.91. The molecule has 1 heterocycles. The third kappa shape index (κ3) is 4.15. The molecule has 9 heteroatoms. The Hall–Kier alpha value is -2.52. The Morgan fingerprint density at radius 2 is 1.89 bits per heavy atom. The molecule has 0 saturated carbocycles. The van der Waals surface area contributed by atoms with E-state index in [9.17, 15) is 19.7 Å². The van der Waals surface area contributed by atoms with Gasteiger partial charge in [0.15, 0.2) is 14.4 Å². The zero-order valence-electron chi connectivity index (χ0n) is 17.0. The molecule has 0 spiro atoms. The number of nitro groups is 1. The van der Waals surface area contributed by atoms with Crippen LogP contribution in [0, 0.1) is 10.1 Å². The first-order chi connectivity index (χ1) is 12.9. The normalized spacial score (nSPS) is 13.4. The van der Waals surface area contributed by atoms with Gasteiger partial charge in [0.1, 0.15) is 0 Å². The molecule has 1 atom stereocenters. The van der Waals surface area contributed by atoms with Gasteiger partial charge in [0.05, 0.1) is 29.4 Å². The first-order valence-corrected chi connectivity index (χ1v) is 11.8. The van der Waals surface area contributed by atoms with E-state index in [0.717, 1.165) is 0 Å². The van der Waals surface area contributed by atoms with Crippen molar-refractivity contribution in [2.75, 3.05) is 13.7 Å². The molecular weight excluding hydrogens is 380 g/mol. The molecule has 28 heavy (non-hydrogen) atoms. The summed E-state index contributed by atoms with van der Waals surface area (Å²) in [6.07, 6.45) is 1.38. The lowest BCUT2D eigenvalue weighted by atomic mass is 10.1. The predicted octanol–water partition coefficient (Wildman–Crippen LogP) is 3.65. The molecule has 0 N–H and O–H groups in total. The summed E-state index contributed by atoms with van der Waals surface area (Å²) in [5, 5.41) is 11.5. The molecule has 0 aliphatic heterocycles. The van der Waals surface area contributed by atoms with Crippen LogP contribution in [0.2, 0.25) is 18.1 Å². The molecule has 0 fully saturated rings. The van der Waals surface area contributed by atoms with Crippen LogP contribution < -0.4 is 5.56 Å². The molecule has 0 amide bonds. The van der Waals surface area contributed by atoms with Gasteiger partial charge in [-0.05, 0) is 30.3 Å². The SMILES string of the molecule is COC(=O)[C@@H](CO[Si](C)(C)C(C)(C)C)n1ccc2c([N+](=O)[O-])cccc2c1=O. The second kappa shape index (κ2) is 7.84. The molecule has 0 aliphatic rings. The minimum Gasteiger partial charge on any atom is -0.467 e. The van der Waals surface area contributed by atoms with Crippen molar-refractivity contribution in [3.05, 3.63) is 50.9 Å². The Labute approximate surface area is 164 Å². The molecule has 152 valence electrons. The Balaban J connectivity index is 2.52. The van der Waals surface area contributed by atoms with Crippen LogP contribution in [-0.4, -0.2) is 37.5 Å². The number of nitro benzene ring substituents is 1. The number of non-ortho nitro benzene ring substituents is 1. The third-order valence-corrected chi connectivity index (χ3v) is 9.86. The van der Waals surface area contributed by atoms with E-state index in [1.807, 2.05) is 13.1 Å². The summed E-state index contributed by atoms with van der Waals surface area (Å²) in [5.74, 6) is -0.606. The first kappa shape index (κ1) is 21.8. The number of rotatable bonds is 6. The van der Waals surface area contributed by atoms with E-state index in [-0.39, 0.29) is 28.1 Å². The lowest BCUT2D eigenvalue weighted by Crippen LogP contribution is -2.44. The molecule has 0 radical (unpaired) electrons. The van der Waals surface area contributed by atoms with Crippen molar-refractivity contribution in [3.8, 4) is 0 Å². The topological polar surface area (TPSA) is 101 Å². The van der Waals surface area contributed by atoms with Crippen LogP contribution >= 0.6 is 0 Å². The molecule has 1 aromatic carbocycles. The summed E-state index contributed by atoms with van der Waals surface area (Å²) < 4.78 is 12.2. The number of nitrogens with zero attached hydrogens (tertiary/aromatic N) is 2. The highest BCUT2D eigenvalue weighted by atomic mass is 28.4. The van der Waals surface area contributed by atoms with Gasteiger partial charge in [-0.3, -0.25) is 19.5 Å². The van der Waals surface area contributed by atoms with Crippen molar-refractivity contribution >= 4 is 30.7 Å². The lowest BCUT2D eigenvalue weighted by molar-refractivity contribution is -0.383. The van der Waals surface area contributed by atoms with Crippen molar-refractivity contribution < 1.29 is 18.9 Å². The quantitative estimate of drug-likeness (QED) is 0.314. The summed E-state index contributed by atoms with van der Waals surface area (Å²) >= 11 is 0. The molecular formula is C19H26N2O6Si. The highest BCUT2D eigenvalue weighted by molar-refractivity contribution is 6.74. The zero-order chi connectivity index (χ0) is 21.3. The maximum Gasteiger partial charge on any atom is 0.331 e. The van der Waals surface area contributed by atoms with Crippen LogP contribution in [0.3, 0.4) is 0 Å². The smallest absolute Gasteiger partial charge is 0.331 e. The van der Waals surface area contributed by atoms with Gasteiger partial charge in [0.2, 0.25) is 0 Å². The maximum absolute atomic E-state index is 13.0. The Morgan fingerprint density at radius 3 is 2.43 bits per heavy atom. The average Bonchev–Trinajstić information content (AvgIpc) is 2.61. The second-order valence-electron chi connectivity index (χ2n) is 8.13. The number of ether oxygens (including phenoxy) is 1. The van der Waals surface area contributed by atoms with Gasteiger partial charge >= 0.3 is 5.97 Å². The Bertz CT molecular complexity index is 961. The highest BCUT2D eigenvalue weighted by Gasteiger charge is 2.38. The molecule has 2 aromatic rings. The van der Waals surface area contributed by atoms with Crippen molar-refractivity contribution in [3.63, 3.8) is 0 Å². The molecule has 0 bridgehead atoms. The maximum atomic E-state index is 13.0. The summed E-state index contributed by atoms with van der Waals surface area (Å²) in [6.45, 7) is 10.3. The van der Waals surface area contributed by atoms with Gasteiger partial charge in [-0.15, -0.1) is 0 Å². The number of carbonyl (C=O) groups is 1. The molecule has 2 rings (SSSR count). The van der Waals surface area contributed by atoms with Gasteiger partial charge in [-0.2, -0.15) is 0 Å². The fourth-order valence-corrected chi connectivity index (χ4v) is 3.59. The van der Waals surface area contributed by atoms with Gasteiger partial charge in [0.25, 0.3) is 11.2 Å². The van der Waals surface area contributed by atoms with Crippen LogP contribution in [0.5, 0.6) is 0 Å². The van der Waals surface area contributed by atoms with Crippen molar-refractivity contribution in [1.82, 2.24) is 4.57 Å². The van der Waals surface area contributed by atoms with E-state index in [0.29, 0.717) is 0 Å². The molecule has 0 unspecified atom stereocenters. The molecule has 0 saturated heterocycles. The molecule has 0 aliphatic carbocycles. The summed E-state index contributed by atoms with van der Waals surface area (Å²) in [5.41, 5.74) is -0.663. The zero-order valence-corrected chi connectivity index (χ0v) is 18.0. The van der Waals surface area contributed by atoms with Crippen LogP contribution in [0.15, 0.2) is 35.3 Å². The number of esters is 1.